The molecule has 0 bridgehead atoms. The third-order valence-electron chi connectivity index (χ3n) is 1.01. The first-order chi connectivity index (χ1) is 5.29. The molecule has 1 aliphatic rings. The minimum absolute atomic E-state index is 0.167. The number of halogens is 3. The number of ether oxygens (including phenoxy) is 1. The van der Waals surface area contributed by atoms with Crippen molar-refractivity contribution in [2.24, 2.45) is 0 Å². The van der Waals surface area contributed by atoms with E-state index in [1.807, 2.05) is 0 Å². The fourth-order valence-corrected chi connectivity index (χ4v) is 1.57. The van der Waals surface area contributed by atoms with E-state index in [0.29, 0.717) is 0 Å². The second-order valence-corrected chi connectivity index (χ2v) is 3.82. The first kappa shape index (κ1) is 9.75. The molecule has 1 aliphatic heterocycles. The quantitative estimate of drug-likeness (QED) is 0.490. The van der Waals surface area contributed by atoms with Crippen LogP contribution >= 0.6 is 0 Å². The van der Waals surface area contributed by atoms with Crippen LogP contribution in [0, 0.1) is 0 Å². The van der Waals surface area contributed by atoms with Crippen molar-refractivity contribution in [2.45, 2.75) is 12.5 Å². The van der Waals surface area contributed by atoms with Gasteiger partial charge in [0.2, 0.25) is 0 Å². The third-order valence-corrected chi connectivity index (χ3v) is 2.24. The van der Waals surface area contributed by atoms with Crippen LogP contribution in [0.3, 0.4) is 0 Å². The maximum Gasteiger partial charge on any atom is 0.537 e. The van der Waals surface area contributed by atoms with Gasteiger partial charge in [0, 0.05) is 0 Å². The Morgan fingerprint density at radius 3 is 2.33 bits per heavy atom. The second-order valence-electron chi connectivity index (χ2n) is 2.21. The van der Waals surface area contributed by atoms with Crippen molar-refractivity contribution in [3.05, 3.63) is 0 Å². The van der Waals surface area contributed by atoms with Gasteiger partial charge in [-0.2, -0.15) is 12.6 Å². The van der Waals surface area contributed by atoms with E-state index in [4.69, 9.17) is 0 Å². The summed E-state index contributed by atoms with van der Waals surface area (Å²) in [6.45, 7) is 0.167. The molecule has 1 atom stereocenters. The molecule has 0 aromatic heterocycles. The molecule has 0 radical (unpaired) electrons. The van der Waals surface area contributed by atoms with Crippen LogP contribution in [0.2, 0.25) is 0 Å². The molecule has 1 heterocycles. The van der Waals surface area contributed by atoms with Crippen LogP contribution < -0.4 is 0 Å². The molecule has 0 aliphatic carbocycles. The van der Waals surface area contributed by atoms with Crippen molar-refractivity contribution < 1.29 is 30.5 Å². The van der Waals surface area contributed by atoms with E-state index >= 15 is 0 Å². The highest BCUT2D eigenvalue weighted by atomic mass is 32.2. The van der Waals surface area contributed by atoms with E-state index in [0.717, 1.165) is 0 Å². The number of alkyl halides is 3. The summed E-state index contributed by atoms with van der Waals surface area (Å²) >= 11 is 0. The molecule has 0 aromatic carbocycles. The molecule has 0 saturated carbocycles. The van der Waals surface area contributed by atoms with Crippen LogP contribution in [0.4, 0.5) is 13.2 Å². The van der Waals surface area contributed by atoms with Gasteiger partial charge in [-0.25, -0.2) is 0 Å². The maximum atomic E-state index is 11.4. The molecular formula is C4H5F3O4S. The van der Waals surface area contributed by atoms with E-state index in [1.54, 1.807) is 0 Å². The van der Waals surface area contributed by atoms with Gasteiger partial charge in [-0.1, -0.05) is 0 Å². The number of rotatable bonds is 3. The molecule has 4 nitrogen and oxygen atoms in total. The summed E-state index contributed by atoms with van der Waals surface area (Å²) in [5.74, 6) is -0.744. The Balaban J connectivity index is 2.47. The summed E-state index contributed by atoms with van der Waals surface area (Å²) in [4.78, 5) is 0. The largest absolute Gasteiger partial charge is 0.537 e. The summed E-state index contributed by atoms with van der Waals surface area (Å²) in [7, 11) is -4.53. The first-order valence-corrected chi connectivity index (χ1v) is 4.48. The highest BCUT2D eigenvalue weighted by Gasteiger charge is 2.40. The molecular weight excluding hydrogens is 201 g/mol. The average molecular weight is 206 g/mol. The van der Waals surface area contributed by atoms with E-state index < -0.39 is 28.3 Å². The molecule has 72 valence electrons. The zero-order valence-corrected chi connectivity index (χ0v) is 6.48. The van der Waals surface area contributed by atoms with Gasteiger partial charge in [0.05, 0.1) is 12.7 Å². The predicted molar refractivity (Wildman–Crippen MR) is 30.7 cm³/mol. The molecule has 0 amide bonds. The zero-order valence-electron chi connectivity index (χ0n) is 5.67. The lowest BCUT2D eigenvalue weighted by Crippen LogP contribution is -2.23. The first-order valence-electron chi connectivity index (χ1n) is 2.90. The average Bonchev–Trinajstić information content (AvgIpc) is 2.39. The Bertz CT molecular complexity index is 252. The van der Waals surface area contributed by atoms with Crippen molar-refractivity contribution in [1.82, 2.24) is 0 Å². The lowest BCUT2D eigenvalue weighted by Gasteiger charge is -2.05. The van der Waals surface area contributed by atoms with Gasteiger partial charge in [-0.15, -0.1) is 13.2 Å². The van der Waals surface area contributed by atoms with Gasteiger partial charge in [0.15, 0.2) is 0 Å². The Labute approximate surface area is 66.4 Å². The highest BCUT2D eigenvalue weighted by molar-refractivity contribution is 7.86. The van der Waals surface area contributed by atoms with Crippen molar-refractivity contribution >= 4 is 10.1 Å². The van der Waals surface area contributed by atoms with Gasteiger partial charge < -0.3 is 4.74 Å². The summed E-state index contributed by atoms with van der Waals surface area (Å²) in [6, 6.07) is 0. The summed E-state index contributed by atoms with van der Waals surface area (Å²) in [6.07, 6.45) is -5.79. The van der Waals surface area contributed by atoms with Crippen LogP contribution in [0.15, 0.2) is 0 Å². The van der Waals surface area contributed by atoms with Crippen molar-refractivity contribution in [1.29, 1.82) is 0 Å². The number of hydrogen-bond donors (Lipinski definition) is 0. The van der Waals surface area contributed by atoms with Crippen molar-refractivity contribution in [2.75, 3.05) is 12.4 Å². The lowest BCUT2D eigenvalue weighted by atomic mass is 10.6. The molecule has 1 unspecified atom stereocenters. The molecule has 0 aromatic rings. The normalized spacial score (nSPS) is 24.1. The van der Waals surface area contributed by atoms with E-state index in [1.165, 1.54) is 0 Å². The van der Waals surface area contributed by atoms with Crippen LogP contribution in [-0.4, -0.2) is 33.2 Å². The molecule has 0 spiro atoms. The fourth-order valence-electron chi connectivity index (χ4n) is 0.570. The minimum atomic E-state index is -5.15. The van der Waals surface area contributed by atoms with E-state index in [2.05, 4.69) is 8.92 Å². The van der Waals surface area contributed by atoms with Crippen LogP contribution in [0.25, 0.3) is 0 Å². The molecule has 1 saturated heterocycles. The Morgan fingerprint density at radius 2 is 2.00 bits per heavy atom. The van der Waals surface area contributed by atoms with Gasteiger partial charge in [-0.3, -0.25) is 0 Å². The van der Waals surface area contributed by atoms with Gasteiger partial charge in [0.1, 0.15) is 5.75 Å². The van der Waals surface area contributed by atoms with Crippen LogP contribution in [0.5, 0.6) is 0 Å². The number of hydrogen-bond acceptors (Lipinski definition) is 4. The topological polar surface area (TPSA) is 55.9 Å². The molecule has 0 N–H and O–H groups in total. The molecule has 1 fully saturated rings. The predicted octanol–water partition coefficient (Wildman–Crippen LogP) is 0.251. The molecule has 8 heteroatoms. The minimum Gasteiger partial charge on any atom is -0.372 e. The summed E-state index contributed by atoms with van der Waals surface area (Å²) in [5, 5.41) is 0. The van der Waals surface area contributed by atoms with Gasteiger partial charge >= 0.3 is 6.36 Å². The van der Waals surface area contributed by atoms with Crippen LogP contribution in [-0.2, 0) is 19.0 Å². The maximum absolute atomic E-state index is 11.4. The van der Waals surface area contributed by atoms with Gasteiger partial charge in [0.25, 0.3) is 10.1 Å². The standard InChI is InChI=1S/C4H5F3O4S/c5-4(6,7)11-12(8,9)2-3-1-10-3/h3H,1-2H2. The SMILES string of the molecule is O=S(=O)(CC1CO1)OC(F)(F)F. The van der Waals surface area contributed by atoms with E-state index in [-0.39, 0.29) is 6.61 Å². The van der Waals surface area contributed by atoms with Crippen molar-refractivity contribution in [3.63, 3.8) is 0 Å². The Kier molecular flexibility index (Phi) is 2.32. The lowest BCUT2D eigenvalue weighted by molar-refractivity contribution is -0.271. The zero-order chi connectivity index (χ0) is 9.41. The van der Waals surface area contributed by atoms with Crippen LogP contribution in [0.1, 0.15) is 0 Å². The third kappa shape index (κ3) is 3.88. The van der Waals surface area contributed by atoms with Gasteiger partial charge in [-0.05, 0) is 0 Å². The van der Waals surface area contributed by atoms with Crippen molar-refractivity contribution in [3.8, 4) is 0 Å². The summed E-state index contributed by atoms with van der Waals surface area (Å²) < 4.78 is 62.4. The second kappa shape index (κ2) is 2.86. The molecule has 12 heavy (non-hydrogen) atoms. The Hall–Kier alpha value is -0.340. The summed E-state index contributed by atoms with van der Waals surface area (Å²) in [5.41, 5.74) is 0. The molecule has 1 rings (SSSR count). The fraction of sp³-hybridized carbons (Fsp3) is 1.00. The van der Waals surface area contributed by atoms with E-state index in [9.17, 15) is 21.6 Å². The smallest absolute Gasteiger partial charge is 0.372 e. The Morgan fingerprint density at radius 1 is 1.50 bits per heavy atom. The number of epoxide rings is 1. The monoisotopic (exact) mass is 206 g/mol. The highest BCUT2D eigenvalue weighted by Crippen LogP contribution is 2.22.